The molecule has 1 aliphatic rings. The number of nitrogens with one attached hydrogen (secondary N) is 2. The third kappa shape index (κ3) is 4.54. The Balaban J connectivity index is 0.00000210. The van der Waals surface area contributed by atoms with Crippen molar-refractivity contribution in [1.82, 2.24) is 10.3 Å². The lowest BCUT2D eigenvalue weighted by atomic mass is 10.0. The molecule has 0 saturated carbocycles. The van der Waals surface area contributed by atoms with E-state index in [1.165, 1.54) is 23.8 Å². The number of aromatic amines is 1. The van der Waals surface area contributed by atoms with Crippen LogP contribution in [-0.2, 0) is 22.7 Å². The number of rotatable bonds is 6. The largest absolute Gasteiger partial charge is 0.361 e. The highest BCUT2D eigenvalue weighted by atomic mass is 35.5. The summed E-state index contributed by atoms with van der Waals surface area (Å²) in [6.07, 6.45) is 6.11. The zero-order valence-corrected chi connectivity index (χ0v) is 16.8. The lowest BCUT2D eigenvalue weighted by Gasteiger charge is -2.09. The molecule has 2 heterocycles. The Bertz CT molecular complexity index is 993. The summed E-state index contributed by atoms with van der Waals surface area (Å²) in [6.45, 7) is 1.11. The Morgan fingerprint density at radius 1 is 1.07 bits per heavy atom. The van der Waals surface area contributed by atoms with Crippen LogP contribution in [0.5, 0.6) is 0 Å². The minimum Gasteiger partial charge on any atom is -0.361 e. The molecule has 6 heteroatoms. The summed E-state index contributed by atoms with van der Waals surface area (Å²) in [5, 5.41) is 4.76. The van der Waals surface area contributed by atoms with Gasteiger partial charge in [0.1, 0.15) is 0 Å². The molecule has 4 rings (SSSR count). The van der Waals surface area contributed by atoms with Gasteiger partial charge in [-0.05, 0) is 67.6 Å². The Morgan fingerprint density at radius 2 is 1.89 bits per heavy atom. The van der Waals surface area contributed by atoms with Crippen molar-refractivity contribution < 1.29 is 8.42 Å². The average molecular weight is 405 g/mol. The van der Waals surface area contributed by atoms with Gasteiger partial charge in [0.05, 0.1) is 10.6 Å². The van der Waals surface area contributed by atoms with Crippen molar-refractivity contribution in [1.29, 1.82) is 0 Å². The molecule has 4 nitrogen and oxygen atoms in total. The second kappa shape index (κ2) is 8.46. The summed E-state index contributed by atoms with van der Waals surface area (Å²) in [6, 6.07) is 15.5. The van der Waals surface area contributed by atoms with Crippen LogP contribution in [0.4, 0.5) is 0 Å². The molecule has 144 valence electrons. The maximum atomic E-state index is 12.5. The van der Waals surface area contributed by atoms with Gasteiger partial charge in [-0.2, -0.15) is 0 Å². The maximum Gasteiger partial charge on any atom is 0.178 e. The maximum absolute atomic E-state index is 12.5. The van der Waals surface area contributed by atoms with E-state index < -0.39 is 9.84 Å². The van der Waals surface area contributed by atoms with Gasteiger partial charge in [-0.3, -0.25) is 0 Å². The van der Waals surface area contributed by atoms with Gasteiger partial charge in [0.2, 0.25) is 0 Å². The molecule has 1 atom stereocenters. The standard InChI is InChI=1S/C21H24N2O2S.ClH/c24-26(25,19-6-2-1-3-7-19)12-10-16-8-9-21-20(13-16)17(15-23-21)14-18-5-4-11-22-18;/h1-3,6-9,13,15,18,22-23H,4-5,10-12,14H2;1H/t18-;/m1./s1. The fourth-order valence-electron chi connectivity index (χ4n) is 3.74. The highest BCUT2D eigenvalue weighted by molar-refractivity contribution is 7.91. The molecule has 2 N–H and O–H groups in total. The SMILES string of the molecule is Cl.O=S(=O)(CCc1ccc2[nH]cc(C[C@H]3CCCN3)c2c1)c1ccccc1. The summed E-state index contributed by atoms with van der Waals surface area (Å²) in [4.78, 5) is 3.74. The normalized spacial score (nSPS) is 17.1. The second-order valence-electron chi connectivity index (χ2n) is 7.07. The average Bonchev–Trinajstić information content (AvgIpc) is 3.31. The molecule has 0 spiro atoms. The lowest BCUT2D eigenvalue weighted by Crippen LogP contribution is -2.23. The number of H-pyrrole nitrogens is 1. The Morgan fingerprint density at radius 3 is 2.63 bits per heavy atom. The van der Waals surface area contributed by atoms with Crippen LogP contribution in [0.15, 0.2) is 59.6 Å². The number of aryl methyl sites for hydroxylation is 1. The molecule has 1 aliphatic heterocycles. The molecule has 0 aliphatic carbocycles. The summed E-state index contributed by atoms with van der Waals surface area (Å²) < 4.78 is 25.0. The van der Waals surface area contributed by atoms with Crippen molar-refractivity contribution in [2.45, 2.75) is 36.6 Å². The van der Waals surface area contributed by atoms with Gasteiger partial charge < -0.3 is 10.3 Å². The first-order chi connectivity index (χ1) is 12.6. The number of sulfone groups is 1. The fourth-order valence-corrected chi connectivity index (χ4v) is 5.06. The Labute approximate surface area is 166 Å². The van der Waals surface area contributed by atoms with Crippen LogP contribution in [0.2, 0.25) is 0 Å². The minimum atomic E-state index is -3.24. The summed E-state index contributed by atoms with van der Waals surface area (Å²) in [5.74, 6) is 0.131. The number of fused-ring (bicyclic) bond motifs is 1. The van der Waals surface area contributed by atoms with Crippen LogP contribution < -0.4 is 5.32 Å². The molecular formula is C21H25ClN2O2S. The molecule has 1 aromatic heterocycles. The molecule has 27 heavy (non-hydrogen) atoms. The molecule has 1 fully saturated rings. The quantitative estimate of drug-likeness (QED) is 0.654. The van der Waals surface area contributed by atoms with Gasteiger partial charge in [-0.1, -0.05) is 24.3 Å². The van der Waals surface area contributed by atoms with E-state index in [-0.39, 0.29) is 18.2 Å². The van der Waals surface area contributed by atoms with Gasteiger partial charge in [0.15, 0.2) is 9.84 Å². The van der Waals surface area contributed by atoms with Gasteiger partial charge in [-0.15, -0.1) is 12.4 Å². The third-order valence-electron chi connectivity index (χ3n) is 5.22. The second-order valence-corrected chi connectivity index (χ2v) is 9.18. The van der Waals surface area contributed by atoms with E-state index in [9.17, 15) is 8.42 Å². The molecule has 0 amide bonds. The fraction of sp³-hybridized carbons (Fsp3) is 0.333. The number of aromatic nitrogens is 1. The third-order valence-corrected chi connectivity index (χ3v) is 6.95. The van der Waals surface area contributed by atoms with Crippen molar-refractivity contribution in [2.24, 2.45) is 0 Å². The van der Waals surface area contributed by atoms with E-state index in [2.05, 4.69) is 28.6 Å². The predicted octanol–water partition coefficient (Wildman–Crippen LogP) is 3.90. The molecular weight excluding hydrogens is 380 g/mol. The van der Waals surface area contributed by atoms with Crippen LogP contribution in [0.1, 0.15) is 24.0 Å². The Hall–Kier alpha value is -1.82. The van der Waals surface area contributed by atoms with E-state index in [4.69, 9.17) is 0 Å². The lowest BCUT2D eigenvalue weighted by molar-refractivity contribution is 0.595. The zero-order chi connectivity index (χ0) is 18.0. The molecule has 3 aromatic rings. The minimum absolute atomic E-state index is 0. The monoisotopic (exact) mass is 404 g/mol. The van der Waals surface area contributed by atoms with E-state index in [0.29, 0.717) is 17.4 Å². The summed E-state index contributed by atoms with van der Waals surface area (Å²) in [7, 11) is -3.24. The first-order valence-corrected chi connectivity index (χ1v) is 10.9. The van der Waals surface area contributed by atoms with Crippen molar-refractivity contribution in [3.63, 3.8) is 0 Å². The highest BCUT2D eigenvalue weighted by Gasteiger charge is 2.17. The first-order valence-electron chi connectivity index (χ1n) is 9.22. The number of benzene rings is 2. The van der Waals surface area contributed by atoms with Gasteiger partial charge in [0, 0.05) is 23.1 Å². The zero-order valence-electron chi connectivity index (χ0n) is 15.1. The van der Waals surface area contributed by atoms with Gasteiger partial charge in [0.25, 0.3) is 0 Å². The number of hydrogen-bond donors (Lipinski definition) is 2. The van der Waals surface area contributed by atoms with Crippen LogP contribution in [0.3, 0.4) is 0 Å². The van der Waals surface area contributed by atoms with Gasteiger partial charge in [-0.25, -0.2) is 8.42 Å². The van der Waals surface area contributed by atoms with Crippen LogP contribution in [0.25, 0.3) is 10.9 Å². The molecule has 2 aromatic carbocycles. The predicted molar refractivity (Wildman–Crippen MR) is 112 cm³/mol. The van der Waals surface area contributed by atoms with Crippen molar-refractivity contribution in [3.05, 3.63) is 65.9 Å². The number of hydrogen-bond acceptors (Lipinski definition) is 3. The highest BCUT2D eigenvalue weighted by Crippen LogP contribution is 2.24. The smallest absolute Gasteiger partial charge is 0.178 e. The van der Waals surface area contributed by atoms with E-state index >= 15 is 0 Å². The van der Waals surface area contributed by atoms with Crippen molar-refractivity contribution >= 4 is 33.1 Å². The molecule has 1 saturated heterocycles. The van der Waals surface area contributed by atoms with Crippen molar-refractivity contribution in [2.75, 3.05) is 12.3 Å². The molecule has 0 radical (unpaired) electrons. The molecule has 0 unspecified atom stereocenters. The van der Waals surface area contributed by atoms with Crippen molar-refractivity contribution in [3.8, 4) is 0 Å². The Kier molecular flexibility index (Phi) is 6.25. The summed E-state index contributed by atoms with van der Waals surface area (Å²) in [5.41, 5.74) is 3.50. The van der Waals surface area contributed by atoms with E-state index in [1.54, 1.807) is 24.3 Å². The van der Waals surface area contributed by atoms with Gasteiger partial charge >= 0.3 is 0 Å². The first kappa shape index (κ1) is 19.9. The molecule has 0 bridgehead atoms. The number of halogens is 1. The van der Waals surface area contributed by atoms with Crippen LogP contribution in [-0.4, -0.2) is 31.7 Å². The summed E-state index contributed by atoms with van der Waals surface area (Å²) >= 11 is 0. The van der Waals surface area contributed by atoms with E-state index in [0.717, 1.165) is 24.0 Å². The van der Waals surface area contributed by atoms with Crippen LogP contribution >= 0.6 is 12.4 Å². The topological polar surface area (TPSA) is 62.0 Å². The van der Waals surface area contributed by atoms with E-state index in [1.807, 2.05) is 12.1 Å². The van der Waals surface area contributed by atoms with Crippen LogP contribution in [0, 0.1) is 0 Å².